The second kappa shape index (κ2) is 12.1. The zero-order valence-electron chi connectivity index (χ0n) is 37.1. The van der Waals surface area contributed by atoms with Crippen molar-refractivity contribution < 1.29 is 9.60 Å². The lowest BCUT2D eigenvalue weighted by Crippen LogP contribution is -1.90. The van der Waals surface area contributed by atoms with Crippen molar-refractivity contribution >= 4 is 64.6 Å². The molecule has 0 radical (unpaired) electrons. The van der Waals surface area contributed by atoms with Crippen molar-refractivity contribution in [2.45, 2.75) is 0 Å². The summed E-state index contributed by atoms with van der Waals surface area (Å²) in [5.74, 6) is 0. The summed E-state index contributed by atoms with van der Waals surface area (Å²) in [7, 11) is 0. The van der Waals surface area contributed by atoms with Gasteiger partial charge in [0, 0.05) is 0 Å². The average Bonchev–Trinajstić information content (AvgIpc) is 3.31. The van der Waals surface area contributed by atoms with Crippen LogP contribution in [0.25, 0.3) is 120 Å². The van der Waals surface area contributed by atoms with Gasteiger partial charge in [-0.25, -0.2) is 0 Å². The number of rotatable bonds is 5. The van der Waals surface area contributed by atoms with E-state index in [1.165, 1.54) is 0 Å². The third-order valence-electron chi connectivity index (χ3n) is 11.5. The van der Waals surface area contributed by atoms with E-state index in [-0.39, 0.29) is 58.0 Å². The van der Waals surface area contributed by atoms with Gasteiger partial charge in [0.25, 0.3) is 0 Å². The van der Waals surface area contributed by atoms with Gasteiger partial charge in [-0.15, -0.1) is 0 Å². The Kier molecular flexibility index (Phi) is 5.39. The van der Waals surface area contributed by atoms with Crippen LogP contribution in [-0.2, 0) is 0 Å². The molecule has 0 bridgehead atoms. The molecule has 0 atom stereocenters. The maximum Gasteiger partial charge on any atom is 0.0636 e. The highest BCUT2D eigenvalue weighted by molar-refractivity contribution is 6.26. The van der Waals surface area contributed by atoms with Crippen LogP contribution >= 0.6 is 0 Å². The minimum atomic E-state index is -0.406. The number of hydrogen-bond acceptors (Lipinski definition) is 0. The fourth-order valence-corrected chi connectivity index (χ4v) is 8.87. The second-order valence-electron chi connectivity index (χ2n) is 14.6. The van der Waals surface area contributed by atoms with Gasteiger partial charge in [-0.2, -0.15) is 0 Å². The van der Waals surface area contributed by atoms with Crippen LogP contribution in [0.1, 0.15) is 9.60 Å². The molecule has 0 saturated heterocycles. The Morgan fingerprint density at radius 1 is 0.268 bits per heavy atom. The highest BCUT2D eigenvalue weighted by atomic mass is 14.2. The largest absolute Gasteiger partial charge is 0.0636 e. The van der Waals surface area contributed by atoms with Gasteiger partial charge >= 0.3 is 0 Å². The summed E-state index contributed by atoms with van der Waals surface area (Å²) in [6.07, 6.45) is 0. The first-order valence-corrected chi connectivity index (χ1v) is 18.9. The lowest BCUT2D eigenvalue weighted by atomic mass is 9.87. The molecule has 0 spiro atoms. The molecule has 12 rings (SSSR count). The summed E-state index contributed by atoms with van der Waals surface area (Å²) in [5, 5.41) is 12.1. The van der Waals surface area contributed by atoms with Crippen LogP contribution in [0.15, 0.2) is 206 Å². The number of hydrogen-bond donors (Lipinski definition) is 0. The topological polar surface area (TPSA) is 0 Å². The lowest BCUT2D eigenvalue weighted by molar-refractivity contribution is 1.56. The highest BCUT2D eigenvalue weighted by Crippen LogP contribution is 2.43. The molecule has 0 unspecified atom stereocenters. The van der Waals surface area contributed by atoms with E-state index < -0.39 is 12.1 Å². The van der Waals surface area contributed by atoms with E-state index >= 15 is 0 Å². The molecular formula is C56H34. The third kappa shape index (κ3) is 4.79. The van der Waals surface area contributed by atoms with Gasteiger partial charge in [0.2, 0.25) is 0 Å². The Bertz CT molecular complexity index is 3840. The van der Waals surface area contributed by atoms with Crippen molar-refractivity contribution in [1.82, 2.24) is 0 Å². The summed E-state index contributed by atoms with van der Waals surface area (Å²) in [5.41, 5.74) is 4.22. The smallest absolute Gasteiger partial charge is 0.0622 e. The Morgan fingerprint density at radius 2 is 0.679 bits per heavy atom. The molecule has 12 aromatic rings. The molecule has 0 aromatic heterocycles. The molecule has 12 aromatic carbocycles. The van der Waals surface area contributed by atoms with Crippen LogP contribution in [0.2, 0.25) is 0 Å². The Labute approximate surface area is 335 Å². The fraction of sp³-hybridized carbons (Fsp3) is 0. The first kappa shape index (κ1) is 24.9. The van der Waals surface area contributed by atoms with Crippen LogP contribution in [-0.4, -0.2) is 0 Å². The van der Waals surface area contributed by atoms with Gasteiger partial charge < -0.3 is 0 Å². The second-order valence-corrected chi connectivity index (χ2v) is 14.6. The molecule has 258 valence electrons. The molecule has 0 N–H and O–H groups in total. The van der Waals surface area contributed by atoms with Gasteiger partial charge in [-0.1, -0.05) is 176 Å². The fourth-order valence-electron chi connectivity index (χ4n) is 8.87. The van der Waals surface area contributed by atoms with Crippen LogP contribution in [0.4, 0.5) is 0 Å². The molecule has 0 fully saturated rings. The summed E-state index contributed by atoms with van der Waals surface area (Å²) in [6.45, 7) is 0. The first-order chi connectivity index (χ1) is 30.7. The first-order valence-electron chi connectivity index (χ1n) is 22.4. The normalized spacial score (nSPS) is 13.7. The zero-order chi connectivity index (χ0) is 42.8. The Morgan fingerprint density at radius 3 is 1.29 bits per heavy atom. The summed E-state index contributed by atoms with van der Waals surface area (Å²) in [6, 6.07) is 52.7. The minimum absolute atomic E-state index is 0.0118. The summed E-state index contributed by atoms with van der Waals surface area (Å²) < 4.78 is 68.3. The van der Waals surface area contributed by atoms with Gasteiger partial charge in [-0.3, -0.25) is 0 Å². The number of benzene rings is 12. The van der Waals surface area contributed by atoms with Crippen molar-refractivity contribution in [1.29, 1.82) is 0 Å². The highest BCUT2D eigenvalue weighted by Gasteiger charge is 2.16. The maximum absolute atomic E-state index is 10.1. The van der Waals surface area contributed by atoms with Crippen LogP contribution in [0, 0.1) is 0 Å². The Balaban J connectivity index is 1.19. The lowest BCUT2D eigenvalue weighted by Gasteiger charge is -2.17. The third-order valence-corrected chi connectivity index (χ3v) is 11.5. The van der Waals surface area contributed by atoms with Gasteiger partial charge in [0.15, 0.2) is 0 Å². The minimum Gasteiger partial charge on any atom is -0.0622 e. The van der Waals surface area contributed by atoms with E-state index in [1.54, 1.807) is 0 Å². The molecule has 0 aliphatic heterocycles. The molecule has 0 aliphatic carbocycles. The van der Waals surface area contributed by atoms with Crippen molar-refractivity contribution in [2.75, 3.05) is 0 Å². The molecule has 0 amide bonds. The quantitative estimate of drug-likeness (QED) is 0.156. The molecule has 0 aliphatic rings. The Hall–Kier alpha value is -7.28. The monoisotopic (exact) mass is 713 g/mol. The van der Waals surface area contributed by atoms with Crippen molar-refractivity contribution in [3.63, 3.8) is 0 Å². The van der Waals surface area contributed by atoms with Crippen LogP contribution in [0.5, 0.6) is 0 Å². The molecule has 0 nitrogen and oxygen atoms in total. The standard InChI is InChI=1S/C56H34/c1-2-8-35(9-3-1)42-14-6-15-43(30-42)46-32-47(34-48(33-46)50-27-23-41-21-19-37-11-5-13-39-25-29-52(50)56(41)54(37)39)44-16-7-17-45(31-44)49-26-22-40-20-18-36-10-4-12-38-24-28-51(49)55(40)53(36)38/h1-34H/i7D,16D,17D,31D,32D,33D,34D. The van der Waals surface area contributed by atoms with Gasteiger partial charge in [-0.05, 0) is 151 Å². The van der Waals surface area contributed by atoms with Crippen molar-refractivity contribution in [3.8, 4) is 55.6 Å². The summed E-state index contributed by atoms with van der Waals surface area (Å²) >= 11 is 0. The van der Waals surface area contributed by atoms with Crippen LogP contribution in [0.3, 0.4) is 0 Å². The SMILES string of the molecule is [2H]c1c([2H])c(-c2c([2H])c(-c3cccc(-c4ccccc4)c3)c([2H])c(-c3ccc4ccc5cccc6ccc3c4c56)c2[2H])c([2H])c(-c2ccc3ccc4cccc5ccc2c3c45)c1[2H]. The van der Waals surface area contributed by atoms with Gasteiger partial charge in [0.05, 0.1) is 9.60 Å². The molecule has 56 heavy (non-hydrogen) atoms. The van der Waals surface area contributed by atoms with E-state index in [0.29, 0.717) is 16.7 Å². The van der Waals surface area contributed by atoms with Crippen molar-refractivity contribution in [2.24, 2.45) is 0 Å². The predicted octanol–water partition coefficient (Wildman–Crippen LogP) is 15.8. The van der Waals surface area contributed by atoms with E-state index in [2.05, 4.69) is 54.6 Å². The predicted molar refractivity (Wildman–Crippen MR) is 241 cm³/mol. The summed E-state index contributed by atoms with van der Waals surface area (Å²) in [4.78, 5) is 0. The van der Waals surface area contributed by atoms with E-state index in [9.17, 15) is 9.60 Å². The van der Waals surface area contributed by atoms with E-state index in [1.807, 2.05) is 109 Å². The van der Waals surface area contributed by atoms with E-state index in [4.69, 9.17) is 0 Å². The molecule has 0 heterocycles. The average molecular weight is 714 g/mol. The van der Waals surface area contributed by atoms with Crippen molar-refractivity contribution in [3.05, 3.63) is 206 Å². The zero-order valence-corrected chi connectivity index (χ0v) is 30.1. The maximum atomic E-state index is 10.1. The van der Waals surface area contributed by atoms with Gasteiger partial charge in [0.1, 0.15) is 0 Å². The van der Waals surface area contributed by atoms with Crippen LogP contribution < -0.4 is 0 Å². The molecule has 0 heteroatoms. The van der Waals surface area contributed by atoms with E-state index in [0.717, 1.165) is 75.8 Å². The molecular weight excluding hydrogens is 673 g/mol. The molecule has 0 saturated carbocycles.